The first kappa shape index (κ1) is 19.4. The average Bonchev–Trinajstić information content (AvgIpc) is 3.10. The van der Waals surface area contributed by atoms with Crippen molar-refractivity contribution in [1.29, 1.82) is 0 Å². The number of nitrogens with one attached hydrogen (secondary N) is 1. The van der Waals surface area contributed by atoms with Gasteiger partial charge in [-0.1, -0.05) is 18.2 Å². The van der Waals surface area contributed by atoms with Gasteiger partial charge in [0, 0.05) is 30.7 Å². The van der Waals surface area contributed by atoms with E-state index in [0.29, 0.717) is 23.7 Å². The molecule has 28 heavy (non-hydrogen) atoms. The van der Waals surface area contributed by atoms with Crippen molar-refractivity contribution in [3.63, 3.8) is 0 Å². The minimum atomic E-state index is -0.160. The fraction of sp³-hybridized carbons (Fsp3) is 0.227. The normalized spacial score (nSPS) is 10.5. The molecular formula is C22H23N3O3. The van der Waals surface area contributed by atoms with Crippen LogP contribution in [0.2, 0.25) is 0 Å². The molecule has 6 nitrogen and oxygen atoms in total. The predicted molar refractivity (Wildman–Crippen MR) is 108 cm³/mol. The van der Waals surface area contributed by atoms with E-state index in [4.69, 9.17) is 4.74 Å². The Kier molecular flexibility index (Phi) is 5.89. The fourth-order valence-corrected chi connectivity index (χ4v) is 2.91. The van der Waals surface area contributed by atoms with E-state index in [-0.39, 0.29) is 18.1 Å². The number of carbonyl (C=O) groups excluding carboxylic acids is 2. The van der Waals surface area contributed by atoms with Crippen LogP contribution in [-0.4, -0.2) is 27.8 Å². The summed E-state index contributed by atoms with van der Waals surface area (Å²) in [6.07, 6.45) is 3.55. The summed E-state index contributed by atoms with van der Waals surface area (Å²) in [7, 11) is 1.77. The number of imidazole rings is 1. The summed E-state index contributed by atoms with van der Waals surface area (Å²) in [6.45, 7) is 4.26. The van der Waals surface area contributed by atoms with Crippen molar-refractivity contribution in [1.82, 2.24) is 9.55 Å². The van der Waals surface area contributed by atoms with Crippen LogP contribution in [0.25, 0.3) is 0 Å². The van der Waals surface area contributed by atoms with Gasteiger partial charge in [-0.25, -0.2) is 4.98 Å². The van der Waals surface area contributed by atoms with E-state index in [1.165, 1.54) is 0 Å². The highest BCUT2D eigenvalue weighted by Crippen LogP contribution is 2.22. The summed E-state index contributed by atoms with van der Waals surface area (Å²) < 4.78 is 7.44. The van der Waals surface area contributed by atoms with Crippen LogP contribution >= 0.6 is 0 Å². The highest BCUT2D eigenvalue weighted by molar-refractivity contribution is 6.07. The van der Waals surface area contributed by atoms with Gasteiger partial charge in [0.05, 0.1) is 13.0 Å². The lowest BCUT2D eigenvalue weighted by Gasteiger charge is -2.12. The molecule has 0 aliphatic carbocycles. The molecule has 0 bridgehead atoms. The topological polar surface area (TPSA) is 73.2 Å². The average molecular weight is 377 g/mol. The lowest BCUT2D eigenvalue weighted by atomic mass is 10.1. The number of aromatic nitrogens is 2. The number of hydrogen-bond donors (Lipinski definition) is 1. The van der Waals surface area contributed by atoms with E-state index in [0.717, 1.165) is 16.9 Å². The Morgan fingerprint density at radius 1 is 1.07 bits per heavy atom. The number of nitrogens with zero attached hydrogens (tertiary/aromatic N) is 2. The molecule has 1 heterocycles. The van der Waals surface area contributed by atoms with E-state index >= 15 is 0 Å². The Labute approximate surface area is 164 Å². The third-order valence-electron chi connectivity index (χ3n) is 4.44. The van der Waals surface area contributed by atoms with Gasteiger partial charge in [0.25, 0.3) is 0 Å². The van der Waals surface area contributed by atoms with E-state index < -0.39 is 0 Å². The molecule has 0 atom stereocenters. The van der Waals surface area contributed by atoms with Crippen molar-refractivity contribution < 1.29 is 14.3 Å². The molecule has 1 amide bonds. The summed E-state index contributed by atoms with van der Waals surface area (Å²) in [4.78, 5) is 28.6. The van der Waals surface area contributed by atoms with Gasteiger partial charge in [0.2, 0.25) is 11.7 Å². The summed E-state index contributed by atoms with van der Waals surface area (Å²) in [5.41, 5.74) is 3.25. The van der Waals surface area contributed by atoms with Gasteiger partial charge >= 0.3 is 0 Å². The monoisotopic (exact) mass is 377 g/mol. The molecule has 0 radical (unpaired) electrons. The van der Waals surface area contributed by atoms with Crippen molar-refractivity contribution in [3.8, 4) is 5.75 Å². The van der Waals surface area contributed by atoms with E-state index in [1.54, 1.807) is 48.3 Å². The van der Waals surface area contributed by atoms with Crippen molar-refractivity contribution in [2.75, 3.05) is 11.9 Å². The number of benzene rings is 2. The van der Waals surface area contributed by atoms with Crippen LogP contribution in [0.1, 0.15) is 33.7 Å². The zero-order chi connectivity index (χ0) is 20.1. The van der Waals surface area contributed by atoms with Crippen LogP contribution < -0.4 is 10.1 Å². The second-order valence-corrected chi connectivity index (χ2v) is 6.64. The Bertz CT molecular complexity index is 970. The number of amides is 1. The summed E-state index contributed by atoms with van der Waals surface area (Å²) in [5, 5.41) is 2.82. The van der Waals surface area contributed by atoms with Gasteiger partial charge in [0.1, 0.15) is 5.75 Å². The van der Waals surface area contributed by atoms with Gasteiger partial charge in [0.15, 0.2) is 5.82 Å². The summed E-state index contributed by atoms with van der Waals surface area (Å²) >= 11 is 0. The Morgan fingerprint density at radius 2 is 1.75 bits per heavy atom. The van der Waals surface area contributed by atoms with E-state index in [1.807, 2.05) is 32.0 Å². The molecule has 0 aliphatic heterocycles. The number of ketones is 1. The maximum Gasteiger partial charge on any atom is 0.228 e. The number of rotatable bonds is 7. The third kappa shape index (κ3) is 4.46. The molecule has 0 spiro atoms. The van der Waals surface area contributed by atoms with Crippen LogP contribution in [0.3, 0.4) is 0 Å². The van der Waals surface area contributed by atoms with Gasteiger partial charge in [-0.05, 0) is 49.2 Å². The van der Waals surface area contributed by atoms with Crippen LogP contribution in [0, 0.1) is 13.8 Å². The zero-order valence-electron chi connectivity index (χ0n) is 16.2. The highest BCUT2D eigenvalue weighted by atomic mass is 16.5. The zero-order valence-corrected chi connectivity index (χ0v) is 16.2. The molecule has 144 valence electrons. The molecule has 1 aromatic heterocycles. The smallest absolute Gasteiger partial charge is 0.228 e. The molecule has 0 aliphatic rings. The van der Waals surface area contributed by atoms with E-state index in [2.05, 4.69) is 10.3 Å². The fourth-order valence-electron chi connectivity index (χ4n) is 2.91. The van der Waals surface area contributed by atoms with Crippen LogP contribution in [0.5, 0.6) is 5.75 Å². The maximum atomic E-state index is 12.4. The number of ether oxygens (including phenoxy) is 1. The lowest BCUT2D eigenvalue weighted by molar-refractivity contribution is -0.116. The van der Waals surface area contributed by atoms with E-state index in [9.17, 15) is 9.59 Å². The first-order chi connectivity index (χ1) is 13.5. The Morgan fingerprint density at radius 3 is 2.36 bits per heavy atom. The Hall–Kier alpha value is -3.41. The largest absolute Gasteiger partial charge is 0.493 e. The molecule has 0 fully saturated rings. The molecule has 2 aromatic carbocycles. The van der Waals surface area contributed by atoms with Crippen LogP contribution in [0.4, 0.5) is 5.69 Å². The number of carbonyl (C=O) groups is 2. The van der Waals surface area contributed by atoms with Crippen LogP contribution in [-0.2, 0) is 11.8 Å². The first-order valence-corrected chi connectivity index (χ1v) is 9.06. The molecule has 1 N–H and O–H groups in total. The SMILES string of the molecule is Cc1cccc(C)c1OCCC(=O)Nc1ccc(C(=O)c2nccn2C)cc1. The predicted octanol–water partition coefficient (Wildman–Crippen LogP) is 3.68. The molecule has 0 saturated heterocycles. The lowest BCUT2D eigenvalue weighted by Crippen LogP contribution is -2.16. The molecule has 0 unspecified atom stereocenters. The number of aryl methyl sites for hydroxylation is 3. The molecule has 0 saturated carbocycles. The minimum Gasteiger partial charge on any atom is -0.493 e. The minimum absolute atomic E-state index is 0.144. The summed E-state index contributed by atoms with van der Waals surface area (Å²) in [6, 6.07) is 12.7. The van der Waals surface area contributed by atoms with Gasteiger partial charge in [-0.15, -0.1) is 0 Å². The quantitative estimate of drug-likeness (QED) is 0.638. The van der Waals surface area contributed by atoms with Crippen molar-refractivity contribution in [3.05, 3.63) is 77.4 Å². The van der Waals surface area contributed by atoms with Gasteiger partial charge in [-0.2, -0.15) is 0 Å². The standard InChI is InChI=1S/C22H23N3O3/c1-15-5-4-6-16(2)21(15)28-14-11-19(26)24-18-9-7-17(8-10-18)20(27)22-23-12-13-25(22)3/h4-10,12-13H,11,14H2,1-3H3,(H,24,26). The Balaban J connectivity index is 1.53. The third-order valence-corrected chi connectivity index (χ3v) is 4.44. The van der Waals surface area contributed by atoms with Crippen molar-refractivity contribution in [2.45, 2.75) is 20.3 Å². The van der Waals surface area contributed by atoms with Crippen molar-refractivity contribution >= 4 is 17.4 Å². The van der Waals surface area contributed by atoms with Gasteiger partial charge in [-0.3, -0.25) is 9.59 Å². The second-order valence-electron chi connectivity index (χ2n) is 6.64. The summed E-state index contributed by atoms with van der Waals surface area (Å²) in [5.74, 6) is 0.898. The highest BCUT2D eigenvalue weighted by Gasteiger charge is 2.13. The van der Waals surface area contributed by atoms with Crippen molar-refractivity contribution in [2.24, 2.45) is 7.05 Å². The molecule has 6 heteroatoms. The van der Waals surface area contributed by atoms with Gasteiger partial charge < -0.3 is 14.6 Å². The number of hydrogen-bond acceptors (Lipinski definition) is 4. The maximum absolute atomic E-state index is 12.4. The molecule has 3 aromatic rings. The second kappa shape index (κ2) is 8.52. The molecular weight excluding hydrogens is 354 g/mol. The number of para-hydroxylation sites is 1. The van der Waals surface area contributed by atoms with Crippen LogP contribution in [0.15, 0.2) is 54.9 Å². The first-order valence-electron chi connectivity index (χ1n) is 9.06. The molecule has 3 rings (SSSR count). The number of anilines is 1.